The molecule has 3 atom stereocenters. The van der Waals surface area contributed by atoms with Crippen molar-refractivity contribution in [3.8, 4) is 11.8 Å². The standard InChI is InChI=1S/C31H41FN4O3/c1-7-8-9-24-10-12-25(13-11-24)18-34-30(37)27-20-35(19-23(5)36(27)31(38)21(2)3)26(15-17-39-6)29-28(32)22(4)14-16-33-29/h10-14,16,21,23,26-27H,9,15,17-20H2,1-6H3,(H,34,37)/t23-,26-,27-/m1/s1. The smallest absolute Gasteiger partial charge is 0.244 e. The van der Waals surface area contributed by atoms with E-state index in [1.165, 1.54) is 0 Å². The van der Waals surface area contributed by atoms with Crippen molar-refractivity contribution in [1.82, 2.24) is 20.1 Å². The maximum absolute atomic E-state index is 15.2. The van der Waals surface area contributed by atoms with Crippen molar-refractivity contribution in [2.45, 2.75) is 72.1 Å². The maximum atomic E-state index is 15.2. The Morgan fingerprint density at radius 2 is 1.87 bits per heavy atom. The minimum atomic E-state index is -0.722. The summed E-state index contributed by atoms with van der Waals surface area (Å²) in [7, 11) is 1.61. The van der Waals surface area contributed by atoms with Gasteiger partial charge in [-0.3, -0.25) is 19.5 Å². The first kappa shape index (κ1) is 30.3. The molecule has 2 heterocycles. The zero-order valence-electron chi connectivity index (χ0n) is 24.0. The molecule has 0 spiro atoms. The van der Waals surface area contributed by atoms with Crippen LogP contribution in [0.4, 0.5) is 4.39 Å². The summed E-state index contributed by atoms with van der Waals surface area (Å²) < 4.78 is 20.6. The molecule has 1 aliphatic heterocycles. The van der Waals surface area contributed by atoms with Gasteiger partial charge in [-0.05, 0) is 49.9 Å². The Hall–Kier alpha value is -3.28. The Labute approximate surface area is 232 Å². The van der Waals surface area contributed by atoms with Crippen LogP contribution in [0, 0.1) is 30.5 Å². The summed E-state index contributed by atoms with van der Waals surface area (Å²) in [6.07, 6.45) is 2.81. The van der Waals surface area contributed by atoms with Crippen molar-refractivity contribution in [1.29, 1.82) is 0 Å². The van der Waals surface area contributed by atoms with Crippen molar-refractivity contribution in [2.75, 3.05) is 26.8 Å². The van der Waals surface area contributed by atoms with Crippen molar-refractivity contribution in [3.63, 3.8) is 0 Å². The molecule has 1 aromatic heterocycles. The van der Waals surface area contributed by atoms with E-state index >= 15 is 4.39 Å². The Morgan fingerprint density at radius 3 is 2.51 bits per heavy atom. The van der Waals surface area contributed by atoms with Crippen molar-refractivity contribution in [3.05, 3.63) is 64.7 Å². The molecule has 1 fully saturated rings. The minimum Gasteiger partial charge on any atom is -0.385 e. The lowest BCUT2D eigenvalue weighted by Crippen LogP contribution is -2.65. The van der Waals surface area contributed by atoms with Crippen LogP contribution < -0.4 is 5.32 Å². The van der Waals surface area contributed by atoms with Gasteiger partial charge in [-0.1, -0.05) is 44.0 Å². The van der Waals surface area contributed by atoms with E-state index in [1.54, 1.807) is 31.2 Å². The second-order valence-electron chi connectivity index (χ2n) is 10.5. The van der Waals surface area contributed by atoms with Crippen molar-refractivity contribution in [2.24, 2.45) is 5.92 Å². The fourth-order valence-electron chi connectivity index (χ4n) is 5.04. The van der Waals surface area contributed by atoms with Gasteiger partial charge in [0.25, 0.3) is 0 Å². The normalized spacial score (nSPS) is 18.4. The minimum absolute atomic E-state index is 0.0722. The lowest BCUT2D eigenvalue weighted by molar-refractivity contribution is -0.151. The first-order chi connectivity index (χ1) is 18.7. The number of nitrogens with zero attached hydrogens (tertiary/aromatic N) is 3. The average molecular weight is 537 g/mol. The average Bonchev–Trinajstić information content (AvgIpc) is 2.92. The SMILES string of the molecule is CC#CCc1ccc(CNC(=O)[C@H]2CN([C@H](CCOC)c3nccc(C)c3F)C[C@@H](C)N2C(=O)C(C)C)cc1. The van der Waals surface area contributed by atoms with E-state index in [-0.39, 0.29) is 36.1 Å². The first-order valence-electron chi connectivity index (χ1n) is 13.6. The van der Waals surface area contributed by atoms with Crippen LogP contribution in [0.5, 0.6) is 0 Å². The van der Waals surface area contributed by atoms with Gasteiger partial charge >= 0.3 is 0 Å². The van der Waals surface area contributed by atoms with Gasteiger partial charge in [0.1, 0.15) is 11.9 Å². The molecular formula is C31H41FN4O3. The summed E-state index contributed by atoms with van der Waals surface area (Å²) in [6, 6.07) is 8.26. The molecule has 1 N–H and O–H groups in total. The molecule has 0 aliphatic carbocycles. The van der Waals surface area contributed by atoms with Gasteiger partial charge in [0.15, 0.2) is 0 Å². The molecular weight excluding hydrogens is 495 g/mol. The highest BCUT2D eigenvalue weighted by Gasteiger charge is 2.42. The van der Waals surface area contributed by atoms with Crippen LogP contribution in [0.3, 0.4) is 0 Å². The van der Waals surface area contributed by atoms with Crippen LogP contribution in [0.1, 0.15) is 62.5 Å². The fourth-order valence-corrected chi connectivity index (χ4v) is 5.04. The molecule has 0 saturated carbocycles. The lowest BCUT2D eigenvalue weighted by atomic mass is 9.97. The van der Waals surface area contributed by atoms with Gasteiger partial charge in [0.2, 0.25) is 11.8 Å². The first-order valence-corrected chi connectivity index (χ1v) is 13.6. The van der Waals surface area contributed by atoms with Gasteiger partial charge in [-0.15, -0.1) is 5.92 Å². The summed E-state index contributed by atoms with van der Waals surface area (Å²) in [5.74, 6) is 5.04. The van der Waals surface area contributed by atoms with E-state index in [1.807, 2.05) is 52.0 Å². The number of hydrogen-bond donors (Lipinski definition) is 1. The number of piperazine rings is 1. The van der Waals surface area contributed by atoms with Gasteiger partial charge in [0, 0.05) is 57.9 Å². The summed E-state index contributed by atoms with van der Waals surface area (Å²) in [5, 5.41) is 3.04. The van der Waals surface area contributed by atoms with Gasteiger partial charge in [-0.25, -0.2) is 4.39 Å². The van der Waals surface area contributed by atoms with Gasteiger partial charge < -0.3 is 15.0 Å². The number of benzene rings is 1. The Balaban J connectivity index is 1.85. The number of rotatable bonds is 10. The Bertz CT molecular complexity index is 1190. The predicted molar refractivity (Wildman–Crippen MR) is 150 cm³/mol. The quantitative estimate of drug-likeness (QED) is 0.464. The molecule has 1 saturated heterocycles. The summed E-state index contributed by atoms with van der Waals surface area (Å²) in [4.78, 5) is 35.1. The number of methoxy groups -OCH3 is 1. The molecule has 210 valence electrons. The number of nitrogens with one attached hydrogen (secondary N) is 1. The fraction of sp³-hybridized carbons (Fsp3) is 0.516. The molecule has 2 amide bonds. The highest BCUT2D eigenvalue weighted by Crippen LogP contribution is 2.31. The number of aromatic nitrogens is 1. The van der Waals surface area contributed by atoms with Crippen molar-refractivity contribution < 1.29 is 18.7 Å². The molecule has 0 unspecified atom stereocenters. The van der Waals surface area contributed by atoms with E-state index in [4.69, 9.17) is 4.74 Å². The zero-order valence-corrected chi connectivity index (χ0v) is 24.0. The molecule has 1 aliphatic rings. The Morgan fingerprint density at radius 1 is 1.18 bits per heavy atom. The number of amides is 2. The Kier molecular flexibility index (Phi) is 11.0. The molecule has 0 radical (unpaired) electrons. The maximum Gasteiger partial charge on any atom is 0.244 e. The number of carbonyl (C=O) groups excluding carboxylic acids is 2. The second-order valence-corrected chi connectivity index (χ2v) is 10.5. The van der Waals surface area contributed by atoms with E-state index in [0.717, 1.165) is 11.1 Å². The molecule has 0 bridgehead atoms. The number of carbonyl (C=O) groups is 2. The van der Waals surface area contributed by atoms with Crippen LogP contribution in [0.2, 0.25) is 0 Å². The number of ether oxygens (including phenoxy) is 1. The molecule has 1 aromatic carbocycles. The van der Waals surface area contributed by atoms with E-state index in [2.05, 4.69) is 27.0 Å². The third-order valence-electron chi connectivity index (χ3n) is 7.19. The van der Waals surface area contributed by atoms with Crippen LogP contribution >= 0.6 is 0 Å². The van der Waals surface area contributed by atoms with E-state index < -0.39 is 12.1 Å². The van der Waals surface area contributed by atoms with Crippen molar-refractivity contribution >= 4 is 11.8 Å². The van der Waals surface area contributed by atoms with Crippen LogP contribution in [0.15, 0.2) is 36.5 Å². The number of hydrogen-bond acceptors (Lipinski definition) is 5. The molecule has 2 aromatic rings. The highest BCUT2D eigenvalue weighted by molar-refractivity contribution is 5.89. The summed E-state index contributed by atoms with van der Waals surface area (Å²) in [5.41, 5.74) is 2.94. The predicted octanol–water partition coefficient (Wildman–Crippen LogP) is 4.05. The monoisotopic (exact) mass is 536 g/mol. The topological polar surface area (TPSA) is 74.8 Å². The van der Waals surface area contributed by atoms with Crippen LogP contribution in [0.25, 0.3) is 0 Å². The number of halogens is 1. The molecule has 3 rings (SSSR count). The summed E-state index contributed by atoms with van der Waals surface area (Å²) in [6.45, 7) is 10.7. The third-order valence-corrected chi connectivity index (χ3v) is 7.19. The molecule has 8 heteroatoms. The number of pyridine rings is 1. The largest absolute Gasteiger partial charge is 0.385 e. The zero-order chi connectivity index (χ0) is 28.5. The van der Waals surface area contributed by atoms with E-state index in [0.29, 0.717) is 43.8 Å². The van der Waals surface area contributed by atoms with Crippen LogP contribution in [-0.4, -0.2) is 65.5 Å². The van der Waals surface area contributed by atoms with Crippen LogP contribution in [-0.2, 0) is 27.3 Å². The third kappa shape index (κ3) is 7.65. The second kappa shape index (κ2) is 14.2. The summed E-state index contributed by atoms with van der Waals surface area (Å²) >= 11 is 0. The van der Waals surface area contributed by atoms with E-state index in [9.17, 15) is 9.59 Å². The highest BCUT2D eigenvalue weighted by atomic mass is 19.1. The van der Waals surface area contributed by atoms with Gasteiger partial charge in [0.05, 0.1) is 11.7 Å². The number of aryl methyl sites for hydroxylation is 1. The lowest BCUT2D eigenvalue weighted by Gasteiger charge is -2.47. The molecule has 39 heavy (non-hydrogen) atoms. The molecule has 7 nitrogen and oxygen atoms in total. The van der Waals surface area contributed by atoms with Gasteiger partial charge in [-0.2, -0.15) is 0 Å².